The highest BCUT2D eigenvalue weighted by molar-refractivity contribution is 6.06. The molecule has 3 fully saturated rings. The molecule has 4 aliphatic rings. The van der Waals surface area contributed by atoms with Gasteiger partial charge in [-0.2, -0.15) is 0 Å². The van der Waals surface area contributed by atoms with Crippen LogP contribution >= 0.6 is 0 Å². The molecule has 4 atom stereocenters. The van der Waals surface area contributed by atoms with Crippen molar-refractivity contribution in [3.8, 4) is 11.5 Å². The summed E-state index contributed by atoms with van der Waals surface area (Å²) in [7, 11) is 0. The number of allylic oxidation sites excluding steroid dienone is 1. The van der Waals surface area contributed by atoms with Crippen molar-refractivity contribution in [1.29, 1.82) is 0 Å². The molecule has 3 aromatic carbocycles. The molecular weight excluding hydrogens is 607 g/mol. The van der Waals surface area contributed by atoms with Gasteiger partial charge in [0.2, 0.25) is 11.8 Å². The number of para-hydroxylation sites is 1. The molecule has 3 saturated heterocycles. The number of nitrogens with zero attached hydrogens (tertiary/aromatic N) is 2. The van der Waals surface area contributed by atoms with E-state index < -0.39 is 17.7 Å². The van der Waals surface area contributed by atoms with Crippen LogP contribution in [0.2, 0.25) is 0 Å². The van der Waals surface area contributed by atoms with Crippen LogP contribution in [-0.2, 0) is 20.9 Å². The van der Waals surface area contributed by atoms with E-state index in [0.717, 1.165) is 54.9 Å². The zero-order valence-corrected chi connectivity index (χ0v) is 27.4. The second-order valence-corrected chi connectivity index (χ2v) is 13.7. The normalized spacial score (nSPS) is 25.0. The number of hydrogen-bond donors (Lipinski definition) is 1. The fourth-order valence-electron chi connectivity index (χ4n) is 8.18. The van der Waals surface area contributed by atoms with E-state index in [1.807, 2.05) is 49.4 Å². The number of ether oxygens (including phenoxy) is 2. The molecule has 250 valence electrons. The van der Waals surface area contributed by atoms with E-state index >= 15 is 0 Å². The van der Waals surface area contributed by atoms with E-state index in [-0.39, 0.29) is 35.6 Å². The molecule has 0 bridgehead atoms. The number of hydrogen-bond acceptors (Lipinski definition) is 6. The van der Waals surface area contributed by atoms with Crippen LogP contribution in [0.25, 0.3) is 6.08 Å². The Hall–Kier alpha value is -4.27. The molecule has 7 rings (SSSR count). The Kier molecular flexibility index (Phi) is 9.46. The van der Waals surface area contributed by atoms with Gasteiger partial charge in [0.05, 0.1) is 24.5 Å². The quantitative estimate of drug-likeness (QED) is 0.193. The van der Waals surface area contributed by atoms with Gasteiger partial charge in [-0.05, 0) is 85.6 Å². The van der Waals surface area contributed by atoms with E-state index in [0.29, 0.717) is 38.0 Å². The molecule has 1 aliphatic carbocycles. The Morgan fingerprint density at radius 2 is 1.71 bits per heavy atom. The summed E-state index contributed by atoms with van der Waals surface area (Å²) in [4.78, 5) is 32.3. The molecule has 3 aromatic rings. The minimum absolute atomic E-state index is 0.0354. The van der Waals surface area contributed by atoms with E-state index in [4.69, 9.17) is 9.47 Å². The number of phenolic OH excluding ortho intramolecular Hbond substituents is 1. The van der Waals surface area contributed by atoms with Crippen molar-refractivity contribution in [3.05, 3.63) is 113 Å². The average Bonchev–Trinajstić information content (AvgIpc) is 3.63. The lowest BCUT2D eigenvalue weighted by Crippen LogP contribution is -2.47. The van der Waals surface area contributed by atoms with Gasteiger partial charge in [-0.15, -0.1) is 0 Å². The molecule has 0 radical (unpaired) electrons. The van der Waals surface area contributed by atoms with Crippen molar-refractivity contribution in [2.24, 2.45) is 17.8 Å². The molecule has 7 nitrogen and oxygen atoms in total. The van der Waals surface area contributed by atoms with Gasteiger partial charge in [-0.3, -0.25) is 19.4 Å². The van der Waals surface area contributed by atoms with Crippen LogP contribution < -0.4 is 4.74 Å². The molecule has 8 heteroatoms. The first-order valence-electron chi connectivity index (χ1n) is 17.2. The lowest BCUT2D eigenvalue weighted by Gasteiger charge is -2.36. The molecule has 3 aliphatic heterocycles. The Balaban J connectivity index is 1.07. The van der Waals surface area contributed by atoms with Crippen molar-refractivity contribution >= 4 is 17.9 Å². The third-order valence-electron chi connectivity index (χ3n) is 10.6. The second-order valence-electron chi connectivity index (χ2n) is 13.7. The third-order valence-corrected chi connectivity index (χ3v) is 10.6. The summed E-state index contributed by atoms with van der Waals surface area (Å²) in [5.74, 6) is -1.28. The molecule has 0 unspecified atom stereocenters. The first kappa shape index (κ1) is 32.3. The maximum absolute atomic E-state index is 14.2. The van der Waals surface area contributed by atoms with Gasteiger partial charge < -0.3 is 14.6 Å². The van der Waals surface area contributed by atoms with Crippen LogP contribution in [0.15, 0.2) is 95.6 Å². The number of rotatable bonds is 10. The summed E-state index contributed by atoms with van der Waals surface area (Å²) in [6.45, 7) is 5.34. The summed E-state index contributed by atoms with van der Waals surface area (Å²) in [6.07, 6.45) is 5.21. The van der Waals surface area contributed by atoms with Crippen LogP contribution in [0.1, 0.15) is 50.2 Å². The lowest BCUT2D eigenvalue weighted by atomic mass is 9.69. The number of carbonyl (C=O) groups excluding carboxylic acids is 2. The first-order valence-corrected chi connectivity index (χ1v) is 17.2. The summed E-state index contributed by atoms with van der Waals surface area (Å²) in [5.41, 5.74) is 5.20. The zero-order chi connectivity index (χ0) is 33.2. The largest absolute Gasteiger partial charge is 0.505 e. The predicted octanol–water partition coefficient (Wildman–Crippen LogP) is 6.77. The number of imide groups is 1. The second kappa shape index (κ2) is 14.1. The minimum atomic E-state index is -0.647. The number of amides is 2. The van der Waals surface area contributed by atoms with Gasteiger partial charge in [0.25, 0.3) is 0 Å². The molecule has 0 aromatic heterocycles. The molecule has 0 saturated carbocycles. The maximum Gasteiger partial charge on any atom is 0.234 e. The number of carbonyl (C=O) groups is 2. The molecule has 3 heterocycles. The monoisotopic (exact) mass is 650 g/mol. The van der Waals surface area contributed by atoms with Crippen LogP contribution in [-0.4, -0.2) is 65.2 Å². The SMILES string of the molecule is C/C(=C\c1ccc(O)c(F)c1)CC[C@H]1OC[C@H]2C1=C(COc1ccccc1)C[C@H]1C(=O)N(C3CCN(Cc4ccccc4)CC3)C(=O)[C@H]12. The average molecular weight is 651 g/mol. The summed E-state index contributed by atoms with van der Waals surface area (Å²) < 4.78 is 26.6. The standard InChI is InChI=1S/C40H43FN2O5/c1-26(20-28-13-14-35(44)34(41)21-28)12-15-36-37-29(24-47-31-10-6-3-7-11-31)22-32-38(33(37)25-48-36)40(46)43(39(32)45)30-16-18-42(19-17-30)23-27-8-4-2-5-9-27/h2-11,13-14,20-21,30,32-33,36,38,44H,12,15-19,22-25H2,1H3/b26-20+/t32-,33+,36-,38-/m1/s1. The lowest BCUT2D eigenvalue weighted by molar-refractivity contribution is -0.144. The summed E-state index contributed by atoms with van der Waals surface area (Å²) in [5, 5.41) is 9.55. The Morgan fingerprint density at radius 3 is 2.44 bits per heavy atom. The smallest absolute Gasteiger partial charge is 0.234 e. The highest BCUT2D eigenvalue weighted by Gasteiger charge is 2.58. The number of benzene rings is 3. The van der Waals surface area contributed by atoms with Gasteiger partial charge in [0.1, 0.15) is 12.4 Å². The maximum atomic E-state index is 14.2. The van der Waals surface area contributed by atoms with E-state index in [1.165, 1.54) is 17.7 Å². The topological polar surface area (TPSA) is 79.3 Å². The fraction of sp³-hybridized carbons (Fsp3) is 0.400. The van der Waals surface area contributed by atoms with Crippen LogP contribution in [0.3, 0.4) is 0 Å². The van der Waals surface area contributed by atoms with E-state index in [2.05, 4.69) is 29.2 Å². The first-order chi connectivity index (χ1) is 23.4. The number of phenols is 1. The minimum Gasteiger partial charge on any atom is -0.505 e. The van der Waals surface area contributed by atoms with Crippen LogP contribution in [0.5, 0.6) is 11.5 Å². The van der Waals surface area contributed by atoms with Crippen molar-refractivity contribution in [2.45, 2.75) is 57.7 Å². The highest BCUT2D eigenvalue weighted by atomic mass is 19.1. The molecule has 48 heavy (non-hydrogen) atoms. The van der Waals surface area contributed by atoms with Crippen molar-refractivity contribution in [3.63, 3.8) is 0 Å². The van der Waals surface area contributed by atoms with Gasteiger partial charge in [-0.25, -0.2) is 4.39 Å². The molecule has 1 N–H and O–H groups in total. The van der Waals surface area contributed by atoms with Gasteiger partial charge >= 0.3 is 0 Å². The van der Waals surface area contributed by atoms with Crippen LogP contribution in [0.4, 0.5) is 4.39 Å². The number of piperidine rings is 1. The van der Waals surface area contributed by atoms with Crippen molar-refractivity contribution in [1.82, 2.24) is 9.80 Å². The van der Waals surface area contributed by atoms with Crippen molar-refractivity contribution < 1.29 is 28.6 Å². The highest BCUT2D eigenvalue weighted by Crippen LogP contribution is 2.50. The Bertz CT molecular complexity index is 1700. The van der Waals surface area contributed by atoms with Gasteiger partial charge in [0, 0.05) is 31.6 Å². The number of fused-ring (bicyclic) bond motifs is 3. The number of aromatic hydroxyl groups is 1. The Morgan fingerprint density at radius 1 is 0.979 bits per heavy atom. The summed E-state index contributed by atoms with van der Waals surface area (Å²) >= 11 is 0. The van der Waals surface area contributed by atoms with Crippen LogP contribution in [0, 0.1) is 23.6 Å². The summed E-state index contributed by atoms with van der Waals surface area (Å²) in [6, 6.07) is 24.4. The number of halogens is 1. The van der Waals surface area contributed by atoms with E-state index in [1.54, 1.807) is 11.0 Å². The van der Waals surface area contributed by atoms with E-state index in [9.17, 15) is 19.1 Å². The fourth-order valence-corrected chi connectivity index (χ4v) is 8.18. The molecular formula is C40H43FN2O5. The molecule has 0 spiro atoms. The van der Waals surface area contributed by atoms with Gasteiger partial charge in [-0.1, -0.05) is 66.2 Å². The third kappa shape index (κ3) is 6.69. The molecule has 2 amide bonds. The number of likely N-dealkylation sites (tertiary alicyclic amines) is 2. The van der Waals surface area contributed by atoms with Crippen molar-refractivity contribution in [2.75, 3.05) is 26.3 Å². The zero-order valence-electron chi connectivity index (χ0n) is 27.4. The predicted molar refractivity (Wildman–Crippen MR) is 181 cm³/mol. The van der Waals surface area contributed by atoms with Gasteiger partial charge in [0.15, 0.2) is 11.6 Å². The Labute approximate surface area is 281 Å².